The number of rotatable bonds is 10. The monoisotopic (exact) mass is 778 g/mol. The van der Waals surface area contributed by atoms with Gasteiger partial charge in [-0.15, -0.1) is 0 Å². The highest BCUT2D eigenvalue weighted by Gasteiger charge is 2.29. The van der Waals surface area contributed by atoms with Gasteiger partial charge in [-0.05, 0) is 148 Å². The van der Waals surface area contributed by atoms with Gasteiger partial charge in [0.05, 0.1) is 0 Å². The van der Waals surface area contributed by atoms with Crippen molar-refractivity contribution in [2.45, 2.75) is 57.4 Å². The molecule has 1 aromatic heterocycles. The molecule has 0 aliphatic carbocycles. The summed E-state index contributed by atoms with van der Waals surface area (Å²) < 4.78 is 7.86. The van der Waals surface area contributed by atoms with Gasteiger partial charge in [0.15, 0.2) is 0 Å². The van der Waals surface area contributed by atoms with E-state index in [2.05, 4.69) is 50.8 Å². The minimum absolute atomic E-state index is 0.216. The van der Waals surface area contributed by atoms with Gasteiger partial charge >= 0.3 is 6.03 Å². The lowest BCUT2D eigenvalue weighted by molar-refractivity contribution is -0.120. The molecule has 4 N–H and O–H groups in total. The number of hydrogen-bond acceptors (Lipinski definition) is 8. The van der Waals surface area contributed by atoms with Crippen LogP contribution in [0.1, 0.15) is 65.9 Å². The van der Waals surface area contributed by atoms with E-state index in [0.717, 1.165) is 80.6 Å². The summed E-state index contributed by atoms with van der Waals surface area (Å²) in [6.45, 7) is 6.47. The summed E-state index contributed by atoms with van der Waals surface area (Å²) in [4.78, 5) is 43.5. The van der Waals surface area contributed by atoms with Gasteiger partial charge in [-0.3, -0.25) is 19.8 Å². The lowest BCUT2D eigenvalue weighted by Crippen LogP contribution is -2.49. The summed E-state index contributed by atoms with van der Waals surface area (Å²) in [6, 6.07) is 31.9. The minimum Gasteiger partial charge on any atom is -0.457 e. The van der Waals surface area contributed by atoms with Gasteiger partial charge in [-0.1, -0.05) is 30.3 Å². The van der Waals surface area contributed by atoms with Crippen LogP contribution >= 0.6 is 0 Å². The molecule has 4 amide bonds. The number of amides is 4. The first-order valence-electron chi connectivity index (χ1n) is 20.7. The summed E-state index contributed by atoms with van der Waals surface area (Å²) >= 11 is 0. The number of anilines is 4. The second-order valence-electron chi connectivity index (χ2n) is 16.0. The largest absolute Gasteiger partial charge is 0.457 e. The number of carbonyl (C=O) groups excluding carboxylic acids is 3. The van der Waals surface area contributed by atoms with Gasteiger partial charge in [-0.2, -0.15) is 5.10 Å². The van der Waals surface area contributed by atoms with Crippen LogP contribution in [0.3, 0.4) is 0 Å². The topological polar surface area (TPSA) is 138 Å². The summed E-state index contributed by atoms with van der Waals surface area (Å²) in [6.07, 6.45) is 6.98. The molecule has 4 aromatic carbocycles. The Kier molecular flexibility index (Phi) is 10.6. The second-order valence-corrected chi connectivity index (χ2v) is 16.0. The fourth-order valence-electron chi connectivity index (χ4n) is 9.02. The average molecular weight is 779 g/mol. The van der Waals surface area contributed by atoms with Crippen LogP contribution in [0.15, 0.2) is 97.1 Å². The zero-order valence-corrected chi connectivity index (χ0v) is 32.7. The van der Waals surface area contributed by atoms with Crippen LogP contribution in [0.4, 0.5) is 27.7 Å². The number of likely N-dealkylation sites (tertiary alicyclic amines) is 1. The molecule has 5 heterocycles. The van der Waals surface area contributed by atoms with Crippen molar-refractivity contribution in [1.82, 2.24) is 20.0 Å². The molecular weight excluding hydrogens is 729 g/mol. The summed E-state index contributed by atoms with van der Waals surface area (Å²) in [5.74, 6) is 2.59. The Morgan fingerprint density at radius 3 is 2.21 bits per heavy atom. The number of para-hydroxylation sites is 1. The zero-order chi connectivity index (χ0) is 39.6. The number of aryl methyl sites for hydroxylation is 2. The Balaban J connectivity index is 0.775. The molecule has 3 saturated heterocycles. The van der Waals surface area contributed by atoms with Crippen LogP contribution in [0.25, 0.3) is 11.3 Å². The molecule has 9 rings (SSSR count). The maximum absolute atomic E-state index is 13.0. The van der Waals surface area contributed by atoms with Crippen molar-refractivity contribution in [3.63, 3.8) is 0 Å². The molecule has 58 heavy (non-hydrogen) atoms. The van der Waals surface area contributed by atoms with Crippen LogP contribution < -0.4 is 30.9 Å². The minimum atomic E-state index is -0.511. The number of aromatic nitrogens is 2. The Morgan fingerprint density at radius 2 is 1.48 bits per heavy atom. The molecule has 0 atom stereocenters. The zero-order valence-electron chi connectivity index (χ0n) is 32.7. The quantitative estimate of drug-likeness (QED) is 0.131. The molecule has 12 heteroatoms. The first kappa shape index (κ1) is 37.4. The van der Waals surface area contributed by atoms with E-state index in [1.807, 2.05) is 71.4 Å². The standard InChI is InChI=1S/C46H50N8O4/c47-44(56)42-43(34-8-14-39(15-9-34)58-38-4-2-1-3-5-38)50-54-29-21-33-6-7-35(30-40(33)48-45(42)54)32-19-24-51(25-20-32)23-16-31-17-26-52(27-18-31)36-10-12-37(13-11-36)53-28-22-41(55)49-46(53)57/h1-15,30-32,48H,16-29H2,(H2,47,56)(H,49,55,57). The number of hydrogen-bond donors (Lipinski definition) is 3. The number of fused-ring (bicyclic) bond motifs is 2. The number of imide groups is 1. The number of ether oxygens (including phenoxy) is 1. The molecule has 4 aliphatic rings. The van der Waals surface area contributed by atoms with E-state index >= 15 is 0 Å². The predicted molar refractivity (Wildman–Crippen MR) is 226 cm³/mol. The first-order valence-corrected chi connectivity index (χ1v) is 20.7. The van der Waals surface area contributed by atoms with Crippen molar-refractivity contribution >= 4 is 40.7 Å². The van der Waals surface area contributed by atoms with Crippen LogP contribution in [0, 0.1) is 5.92 Å². The highest BCUT2D eigenvalue weighted by molar-refractivity contribution is 6.06. The number of nitrogens with one attached hydrogen (secondary N) is 2. The Labute approximate surface area is 338 Å². The van der Waals surface area contributed by atoms with Gasteiger partial charge in [0, 0.05) is 55.2 Å². The third kappa shape index (κ3) is 8.02. The van der Waals surface area contributed by atoms with Gasteiger partial charge in [0.25, 0.3) is 5.91 Å². The molecule has 4 aliphatic heterocycles. The number of benzene rings is 4. The third-order valence-electron chi connectivity index (χ3n) is 12.4. The van der Waals surface area contributed by atoms with Gasteiger partial charge in [0.2, 0.25) is 5.91 Å². The number of piperidine rings is 2. The van der Waals surface area contributed by atoms with E-state index in [4.69, 9.17) is 15.6 Å². The molecule has 0 saturated carbocycles. The highest BCUT2D eigenvalue weighted by Crippen LogP contribution is 2.38. The fourth-order valence-corrected chi connectivity index (χ4v) is 9.02. The number of carbonyl (C=O) groups is 3. The molecule has 298 valence electrons. The molecule has 12 nitrogen and oxygen atoms in total. The van der Waals surface area contributed by atoms with E-state index < -0.39 is 5.91 Å². The molecular formula is C46H50N8O4. The van der Waals surface area contributed by atoms with Crippen molar-refractivity contribution in [3.05, 3.63) is 114 Å². The SMILES string of the molecule is NC(=O)c1c(-c2ccc(Oc3ccccc3)cc2)nn2c1Nc1cc(C3CCN(CCC4CCN(c5ccc(N6CCC(=O)NC6=O)cc5)CC4)CC3)ccc1CC2. The number of nitrogens with zero attached hydrogens (tertiary/aromatic N) is 5. The predicted octanol–water partition coefficient (Wildman–Crippen LogP) is 7.67. The van der Waals surface area contributed by atoms with Crippen molar-refractivity contribution in [2.75, 3.05) is 54.4 Å². The Bertz CT molecular complexity index is 2280. The maximum Gasteiger partial charge on any atom is 0.328 e. The number of nitrogens with two attached hydrogens (primary N) is 1. The van der Waals surface area contributed by atoms with Crippen LogP contribution in [0.2, 0.25) is 0 Å². The summed E-state index contributed by atoms with van der Waals surface area (Å²) in [5.41, 5.74) is 13.4. The van der Waals surface area contributed by atoms with Crippen molar-refractivity contribution in [1.29, 1.82) is 0 Å². The molecule has 0 bridgehead atoms. The summed E-state index contributed by atoms with van der Waals surface area (Å²) in [7, 11) is 0. The first-order chi connectivity index (χ1) is 28.3. The van der Waals surface area contributed by atoms with E-state index in [1.54, 1.807) is 4.90 Å². The Morgan fingerprint density at radius 1 is 0.759 bits per heavy atom. The van der Waals surface area contributed by atoms with E-state index in [-0.39, 0.29) is 11.9 Å². The van der Waals surface area contributed by atoms with Crippen LogP contribution in [0.5, 0.6) is 11.5 Å². The second kappa shape index (κ2) is 16.4. The molecule has 0 radical (unpaired) electrons. The van der Waals surface area contributed by atoms with Crippen molar-refractivity contribution < 1.29 is 19.1 Å². The number of urea groups is 1. The Hall–Kier alpha value is -6.14. The summed E-state index contributed by atoms with van der Waals surface area (Å²) in [5, 5.41) is 10.9. The van der Waals surface area contributed by atoms with Gasteiger partial charge in [0.1, 0.15) is 28.6 Å². The normalized spacial score (nSPS) is 17.9. The van der Waals surface area contributed by atoms with Gasteiger partial charge in [-0.25, -0.2) is 9.48 Å². The fraction of sp³-hybridized carbons (Fsp3) is 0.348. The average Bonchev–Trinajstić information content (AvgIpc) is 3.52. The number of primary amides is 1. The molecule has 3 fully saturated rings. The van der Waals surface area contributed by atoms with E-state index in [0.29, 0.717) is 48.3 Å². The van der Waals surface area contributed by atoms with Crippen LogP contribution in [-0.4, -0.2) is 71.8 Å². The smallest absolute Gasteiger partial charge is 0.328 e. The highest BCUT2D eigenvalue weighted by atomic mass is 16.5. The third-order valence-corrected chi connectivity index (χ3v) is 12.4. The lowest BCUT2D eigenvalue weighted by Gasteiger charge is -2.36. The molecule has 0 unspecified atom stereocenters. The maximum atomic E-state index is 13.0. The van der Waals surface area contributed by atoms with E-state index in [9.17, 15) is 14.4 Å². The molecule has 0 spiro atoms. The van der Waals surface area contributed by atoms with Crippen LogP contribution in [-0.2, 0) is 17.8 Å². The lowest BCUT2D eigenvalue weighted by atomic mass is 9.87. The van der Waals surface area contributed by atoms with E-state index in [1.165, 1.54) is 36.1 Å². The van der Waals surface area contributed by atoms with Gasteiger partial charge < -0.3 is 25.6 Å². The molecule has 5 aromatic rings. The van der Waals surface area contributed by atoms with Crippen molar-refractivity contribution in [3.8, 4) is 22.8 Å². The van der Waals surface area contributed by atoms with Crippen molar-refractivity contribution in [2.24, 2.45) is 11.7 Å².